The first kappa shape index (κ1) is 19.9. The number of thiophene rings is 1. The van der Waals surface area contributed by atoms with Gasteiger partial charge < -0.3 is 14.8 Å². The van der Waals surface area contributed by atoms with E-state index in [0.717, 1.165) is 48.1 Å². The van der Waals surface area contributed by atoms with Crippen LogP contribution in [0, 0.1) is 0 Å². The maximum atomic E-state index is 12.2. The summed E-state index contributed by atoms with van der Waals surface area (Å²) in [5.41, 5.74) is 3.54. The molecule has 0 fully saturated rings. The van der Waals surface area contributed by atoms with Gasteiger partial charge >= 0.3 is 0 Å². The molecule has 0 atom stereocenters. The molecule has 4 rings (SSSR count). The molecule has 0 radical (unpaired) electrons. The molecule has 3 heterocycles. The van der Waals surface area contributed by atoms with E-state index in [1.807, 2.05) is 22.9 Å². The Bertz CT molecular complexity index is 985. The smallest absolute Gasteiger partial charge is 0.231 e. The Balaban J connectivity index is 1.36. The number of carbonyl (C=O) groups excluding carboxylic acids is 1. The van der Waals surface area contributed by atoms with Crippen molar-refractivity contribution in [3.05, 3.63) is 56.7 Å². The lowest BCUT2D eigenvalue weighted by molar-refractivity contribution is -0.115. The van der Waals surface area contributed by atoms with Gasteiger partial charge in [0.1, 0.15) is 0 Å². The summed E-state index contributed by atoms with van der Waals surface area (Å²) in [6, 6.07) is 8.07. The average Bonchev–Trinajstić information content (AvgIpc) is 3.39. The molecule has 1 amide bonds. The highest BCUT2D eigenvalue weighted by Gasteiger charge is 2.20. The van der Waals surface area contributed by atoms with Gasteiger partial charge in [-0.1, -0.05) is 6.07 Å². The van der Waals surface area contributed by atoms with Gasteiger partial charge in [-0.15, -0.1) is 22.7 Å². The molecule has 0 spiro atoms. The largest absolute Gasteiger partial charge is 0.493 e. The van der Waals surface area contributed by atoms with E-state index in [0.29, 0.717) is 11.6 Å². The summed E-state index contributed by atoms with van der Waals surface area (Å²) in [6.07, 6.45) is 1.35. The molecule has 1 aliphatic rings. The van der Waals surface area contributed by atoms with E-state index in [1.54, 1.807) is 25.6 Å². The molecule has 0 unspecified atom stereocenters. The van der Waals surface area contributed by atoms with Crippen molar-refractivity contribution in [2.24, 2.45) is 0 Å². The van der Waals surface area contributed by atoms with Crippen LogP contribution >= 0.6 is 22.7 Å². The number of nitrogens with one attached hydrogen (secondary N) is 1. The van der Waals surface area contributed by atoms with Gasteiger partial charge in [0, 0.05) is 29.9 Å². The molecule has 3 aromatic rings. The molecular weight excluding hydrogens is 406 g/mol. The number of carbonyl (C=O) groups is 1. The highest BCUT2D eigenvalue weighted by atomic mass is 32.1. The van der Waals surface area contributed by atoms with Crippen molar-refractivity contribution in [1.82, 2.24) is 9.88 Å². The Morgan fingerprint density at radius 1 is 1.21 bits per heavy atom. The second-order valence-electron chi connectivity index (χ2n) is 6.88. The minimum Gasteiger partial charge on any atom is -0.493 e. The molecule has 0 aliphatic carbocycles. The number of aromatic nitrogens is 1. The van der Waals surface area contributed by atoms with Crippen LogP contribution in [0.25, 0.3) is 0 Å². The highest BCUT2D eigenvalue weighted by Crippen LogP contribution is 2.33. The Labute approximate surface area is 178 Å². The molecule has 2 aromatic heterocycles. The van der Waals surface area contributed by atoms with E-state index in [9.17, 15) is 4.79 Å². The summed E-state index contributed by atoms with van der Waals surface area (Å²) in [7, 11) is 3.33. The van der Waals surface area contributed by atoms with Gasteiger partial charge in [-0.05, 0) is 41.1 Å². The zero-order chi connectivity index (χ0) is 20.2. The summed E-state index contributed by atoms with van der Waals surface area (Å²) < 4.78 is 10.9. The van der Waals surface area contributed by atoms with Crippen molar-refractivity contribution < 1.29 is 14.3 Å². The second-order valence-corrected chi connectivity index (χ2v) is 8.78. The number of thiazole rings is 1. The number of methoxy groups -OCH3 is 2. The number of hydrogen-bond donors (Lipinski definition) is 1. The van der Waals surface area contributed by atoms with Crippen molar-refractivity contribution >= 4 is 33.7 Å². The van der Waals surface area contributed by atoms with Gasteiger partial charge in [-0.2, -0.15) is 0 Å². The Hall–Kier alpha value is -2.42. The molecule has 0 saturated carbocycles. The van der Waals surface area contributed by atoms with Crippen LogP contribution in [0.1, 0.15) is 21.7 Å². The van der Waals surface area contributed by atoms with E-state index in [4.69, 9.17) is 9.47 Å². The van der Waals surface area contributed by atoms with E-state index in [1.165, 1.54) is 22.5 Å². The third-order valence-electron chi connectivity index (χ3n) is 4.90. The van der Waals surface area contributed by atoms with Crippen LogP contribution in [0.3, 0.4) is 0 Å². The lowest BCUT2D eigenvalue weighted by Crippen LogP contribution is -2.30. The van der Waals surface area contributed by atoms with E-state index < -0.39 is 0 Å². The van der Waals surface area contributed by atoms with Gasteiger partial charge in [0.05, 0.1) is 26.3 Å². The fourth-order valence-corrected chi connectivity index (χ4v) is 4.90. The molecule has 8 heteroatoms. The van der Waals surface area contributed by atoms with Crippen molar-refractivity contribution in [3.63, 3.8) is 0 Å². The van der Waals surface area contributed by atoms with Gasteiger partial charge in [-0.25, -0.2) is 4.98 Å². The number of fused-ring (bicyclic) bond motifs is 1. The topological polar surface area (TPSA) is 63.7 Å². The zero-order valence-electron chi connectivity index (χ0n) is 16.4. The first-order chi connectivity index (χ1) is 14.1. The quantitative estimate of drug-likeness (QED) is 0.616. The third-order valence-corrected chi connectivity index (χ3v) is 6.58. The Morgan fingerprint density at radius 3 is 2.72 bits per heavy atom. The predicted molar refractivity (Wildman–Crippen MR) is 116 cm³/mol. The van der Waals surface area contributed by atoms with Crippen molar-refractivity contribution in [2.45, 2.75) is 25.9 Å². The number of ether oxygens (including phenoxy) is 2. The van der Waals surface area contributed by atoms with Crippen LogP contribution < -0.4 is 14.8 Å². The maximum absolute atomic E-state index is 12.2. The number of nitrogens with zero attached hydrogens (tertiary/aromatic N) is 2. The molecule has 1 aromatic carbocycles. The molecule has 0 bridgehead atoms. The van der Waals surface area contributed by atoms with E-state index in [2.05, 4.69) is 27.3 Å². The van der Waals surface area contributed by atoms with Gasteiger partial charge in [0.25, 0.3) is 0 Å². The number of amides is 1. The third kappa shape index (κ3) is 4.77. The first-order valence-corrected chi connectivity index (χ1v) is 11.1. The molecule has 1 N–H and O–H groups in total. The van der Waals surface area contributed by atoms with Crippen molar-refractivity contribution in [2.75, 3.05) is 26.1 Å². The van der Waals surface area contributed by atoms with Crippen molar-refractivity contribution in [3.8, 4) is 11.5 Å². The fourth-order valence-electron chi connectivity index (χ4n) is 3.48. The number of benzene rings is 1. The average molecular weight is 430 g/mol. The molecule has 152 valence electrons. The number of hydrogen-bond acceptors (Lipinski definition) is 7. The van der Waals surface area contributed by atoms with Crippen LogP contribution in [0.4, 0.5) is 5.13 Å². The lowest BCUT2D eigenvalue weighted by Gasteiger charge is -2.29. The van der Waals surface area contributed by atoms with Crippen LogP contribution in [-0.4, -0.2) is 36.6 Å². The van der Waals surface area contributed by atoms with Gasteiger partial charge in [-0.3, -0.25) is 9.69 Å². The summed E-state index contributed by atoms with van der Waals surface area (Å²) >= 11 is 3.06. The normalized spacial score (nSPS) is 13.7. The minimum absolute atomic E-state index is 0.0266. The first-order valence-electron chi connectivity index (χ1n) is 9.37. The van der Waals surface area contributed by atoms with Crippen LogP contribution in [0.2, 0.25) is 0 Å². The molecule has 0 saturated heterocycles. The number of anilines is 1. The molecule has 29 heavy (non-hydrogen) atoms. The molecular formula is C21H23N3O3S2. The summed E-state index contributed by atoms with van der Waals surface area (Å²) in [5.74, 6) is 1.51. The minimum atomic E-state index is -0.0266. The summed E-state index contributed by atoms with van der Waals surface area (Å²) in [6.45, 7) is 2.55. The SMILES string of the molecule is COc1cc2c(cc1OC)CN(Cc1csc(NC(=O)Cc3cccs3)n1)CC2. The Kier molecular flexibility index (Phi) is 6.13. The van der Waals surface area contributed by atoms with E-state index >= 15 is 0 Å². The predicted octanol–water partition coefficient (Wildman–Crippen LogP) is 3.96. The van der Waals surface area contributed by atoms with E-state index in [-0.39, 0.29) is 5.91 Å². The summed E-state index contributed by atoms with van der Waals surface area (Å²) in [4.78, 5) is 20.2. The monoisotopic (exact) mass is 429 g/mol. The summed E-state index contributed by atoms with van der Waals surface area (Å²) in [5, 5.41) is 7.56. The molecule has 1 aliphatic heterocycles. The van der Waals surface area contributed by atoms with Crippen LogP contribution in [0.15, 0.2) is 35.0 Å². The standard InChI is InChI=1S/C21H23N3O3S2/c1-26-18-8-14-5-6-24(11-15(14)9-19(18)27-2)12-16-13-29-21(22-16)23-20(25)10-17-4-3-7-28-17/h3-4,7-9,13H,5-6,10-12H2,1-2H3,(H,22,23,25). The highest BCUT2D eigenvalue weighted by molar-refractivity contribution is 7.14. The van der Waals surface area contributed by atoms with Crippen LogP contribution in [0.5, 0.6) is 11.5 Å². The lowest BCUT2D eigenvalue weighted by atomic mass is 9.98. The van der Waals surface area contributed by atoms with Crippen molar-refractivity contribution in [1.29, 1.82) is 0 Å². The zero-order valence-corrected chi connectivity index (χ0v) is 18.1. The maximum Gasteiger partial charge on any atom is 0.231 e. The van der Waals surface area contributed by atoms with Gasteiger partial charge in [0.2, 0.25) is 5.91 Å². The number of rotatable bonds is 7. The molecule has 6 nitrogen and oxygen atoms in total. The Morgan fingerprint density at radius 2 is 2.00 bits per heavy atom. The fraction of sp³-hybridized carbons (Fsp3) is 0.333. The van der Waals surface area contributed by atoms with Crippen LogP contribution in [-0.2, 0) is 30.7 Å². The second kappa shape index (κ2) is 8.94. The van der Waals surface area contributed by atoms with Gasteiger partial charge in [0.15, 0.2) is 16.6 Å².